The number of aryl methyl sites for hydroxylation is 1. The Balaban J connectivity index is 0.000000199. The van der Waals surface area contributed by atoms with Crippen LogP contribution in [0.3, 0.4) is 0 Å². The Morgan fingerprint density at radius 3 is 2.32 bits per heavy atom. The van der Waals surface area contributed by atoms with Crippen molar-refractivity contribution in [2.24, 2.45) is 0 Å². The minimum atomic E-state index is -0.953. The molecule has 234 valence electrons. The molecule has 4 aromatic rings. The third kappa shape index (κ3) is 8.56. The average molecular weight is 796 g/mol. The number of thiazole rings is 1. The summed E-state index contributed by atoms with van der Waals surface area (Å²) in [5.74, 6) is 0. The average Bonchev–Trinajstić information content (AvgIpc) is 3.66. The molecule has 2 aliphatic heterocycles. The molecule has 1 N–H and O–H groups in total. The largest absolute Gasteiger partial charge is 1.00 e. The molecule has 0 fully saturated rings. The van der Waals surface area contributed by atoms with E-state index in [1.165, 1.54) is 54.7 Å². The van der Waals surface area contributed by atoms with Crippen LogP contribution in [0.15, 0.2) is 82.7 Å². The summed E-state index contributed by atoms with van der Waals surface area (Å²) in [5.41, 5.74) is 4.96. The fourth-order valence-corrected chi connectivity index (χ4v) is 8.98. The second-order valence-corrected chi connectivity index (χ2v) is 20.5. The minimum absolute atomic E-state index is 0. The van der Waals surface area contributed by atoms with Crippen molar-refractivity contribution < 1.29 is 28.5 Å². The van der Waals surface area contributed by atoms with Crippen molar-refractivity contribution in [1.82, 2.24) is 0 Å². The summed E-state index contributed by atoms with van der Waals surface area (Å²) in [7, 11) is -0.953. The number of allylic oxidation sites excluding steroid dienone is 2. The molecule has 0 unspecified atom stereocenters. The van der Waals surface area contributed by atoms with Crippen molar-refractivity contribution in [2.75, 3.05) is 34.9 Å². The summed E-state index contributed by atoms with van der Waals surface area (Å²) < 4.78 is 3.70. The number of rotatable bonds is 8. The summed E-state index contributed by atoms with van der Waals surface area (Å²) in [4.78, 5) is 6.07. The zero-order valence-corrected chi connectivity index (χ0v) is 32.3. The standard InChI is InChI=1S/C19H16N2S2.C15H24Cl2N2Si.HI/c1-2-21-15-9-4-6-11-17(15)23-19(21)13-7-12-18-20-14-8-3-5-10-16(14)22-18;1-5-18-11-19(7-6-8-20(2,3)4)15-10-13(17)12(16)9-14(15)18;/h3-13H,2H2,1H3;9-10H,5-8,11H2,1-4H3;1H. The number of nitrogens with one attached hydrogen (secondary N) is 1. The van der Waals surface area contributed by atoms with Crippen LogP contribution in [0, 0.1) is 0 Å². The van der Waals surface area contributed by atoms with Gasteiger partial charge in [-0.25, -0.2) is 0 Å². The maximum Gasteiger partial charge on any atom is 0.262 e. The normalized spacial score (nSPS) is 14.8. The molecule has 6 rings (SSSR count). The molecular weight excluding hydrogens is 754 g/mol. The van der Waals surface area contributed by atoms with E-state index in [1.807, 2.05) is 23.5 Å². The lowest BCUT2D eigenvalue weighted by molar-refractivity contribution is -0.665. The number of halogens is 3. The van der Waals surface area contributed by atoms with Crippen LogP contribution >= 0.6 is 46.3 Å². The predicted molar refractivity (Wildman–Crippen MR) is 195 cm³/mol. The van der Waals surface area contributed by atoms with Crippen LogP contribution in [0.5, 0.6) is 0 Å². The van der Waals surface area contributed by atoms with Crippen molar-refractivity contribution in [3.63, 3.8) is 0 Å². The van der Waals surface area contributed by atoms with Crippen molar-refractivity contribution in [3.8, 4) is 0 Å². The van der Waals surface area contributed by atoms with Gasteiger partial charge in [-0.05, 0) is 56.7 Å². The van der Waals surface area contributed by atoms with Gasteiger partial charge in [0, 0.05) is 38.2 Å². The van der Waals surface area contributed by atoms with Crippen molar-refractivity contribution in [3.05, 3.63) is 92.9 Å². The van der Waals surface area contributed by atoms with E-state index in [-0.39, 0.29) is 24.0 Å². The number of anilines is 3. The van der Waals surface area contributed by atoms with E-state index in [1.54, 1.807) is 11.8 Å². The van der Waals surface area contributed by atoms with Gasteiger partial charge in [0.2, 0.25) is 5.52 Å². The molecule has 0 saturated carbocycles. The third-order valence-corrected chi connectivity index (χ3v) is 12.3. The Hall–Kier alpha value is -1.69. The molecule has 0 spiro atoms. The van der Waals surface area contributed by atoms with Gasteiger partial charge in [-0.1, -0.05) is 102 Å². The number of hydrogen-bond donors (Lipinski definition) is 1. The number of benzene rings is 3. The lowest BCUT2D eigenvalue weighted by atomic mass is 10.2. The smallest absolute Gasteiger partial charge is 0.262 e. The Kier molecular flexibility index (Phi) is 12.6. The number of fused-ring (bicyclic) bond motifs is 3. The quantitative estimate of drug-likeness (QED) is 0.113. The van der Waals surface area contributed by atoms with E-state index >= 15 is 0 Å². The van der Waals surface area contributed by atoms with Crippen molar-refractivity contribution in [2.45, 2.75) is 57.4 Å². The number of hydrogen-bond acceptors (Lipinski definition) is 5. The van der Waals surface area contributed by atoms with E-state index in [0.717, 1.165) is 26.3 Å². The second-order valence-electron chi connectivity index (χ2n) is 11.9. The molecule has 3 aromatic carbocycles. The lowest BCUT2D eigenvalue weighted by Crippen LogP contribution is -3.00. The zero-order valence-electron chi connectivity index (χ0n) is 26.0. The van der Waals surface area contributed by atoms with Crippen molar-refractivity contribution in [1.29, 1.82) is 0 Å². The highest BCUT2D eigenvalue weighted by Gasteiger charge is 2.26. The van der Waals surface area contributed by atoms with Gasteiger partial charge in [0.15, 0.2) is 0 Å². The minimum Gasteiger partial charge on any atom is -1.00 e. The van der Waals surface area contributed by atoms with Gasteiger partial charge in [-0.3, -0.25) is 0 Å². The van der Waals surface area contributed by atoms with Crippen LogP contribution in [0.1, 0.15) is 25.3 Å². The van der Waals surface area contributed by atoms with E-state index in [4.69, 9.17) is 23.2 Å². The van der Waals surface area contributed by atoms with E-state index < -0.39 is 8.07 Å². The maximum atomic E-state index is 6.18. The van der Waals surface area contributed by atoms with Crippen LogP contribution < -0.4 is 43.7 Å². The third-order valence-electron chi connectivity index (χ3n) is 7.58. The van der Waals surface area contributed by atoms with Crippen LogP contribution in [-0.2, 0) is 6.54 Å². The van der Waals surface area contributed by atoms with Crippen LogP contribution in [0.4, 0.5) is 17.1 Å². The van der Waals surface area contributed by atoms with E-state index in [0.29, 0.717) is 10.0 Å². The van der Waals surface area contributed by atoms with Crippen LogP contribution in [0.25, 0.3) is 16.3 Å². The summed E-state index contributed by atoms with van der Waals surface area (Å²) in [6.07, 6.45) is 7.74. The molecule has 0 atom stereocenters. The Bertz CT molecular complexity index is 1620. The molecule has 1 aromatic heterocycles. The van der Waals surface area contributed by atoms with Gasteiger partial charge < -0.3 is 39.1 Å². The summed E-state index contributed by atoms with van der Waals surface area (Å²) in [6.45, 7) is 15.7. The van der Waals surface area contributed by atoms with Gasteiger partial charge in [0.1, 0.15) is 11.2 Å². The van der Waals surface area contributed by atoms with Gasteiger partial charge >= 0.3 is 0 Å². The Labute approximate surface area is 299 Å². The molecular formula is C34H41Cl2IN4S2Si. The van der Waals surface area contributed by atoms with Gasteiger partial charge in [-0.15, -0.1) is 0 Å². The lowest BCUT2D eigenvalue weighted by Gasteiger charge is -2.22. The van der Waals surface area contributed by atoms with Gasteiger partial charge in [0.25, 0.3) is 5.01 Å². The molecule has 4 nitrogen and oxygen atoms in total. The molecule has 0 amide bonds. The van der Waals surface area contributed by atoms with Crippen LogP contribution in [0.2, 0.25) is 35.7 Å². The number of para-hydroxylation sites is 2. The number of nitrogens with zero attached hydrogens (tertiary/aromatic N) is 3. The van der Waals surface area contributed by atoms with Gasteiger partial charge in [0.05, 0.1) is 38.8 Å². The predicted octanol–water partition coefficient (Wildman–Crippen LogP) is 7.61. The highest BCUT2D eigenvalue weighted by molar-refractivity contribution is 8.03. The molecule has 44 heavy (non-hydrogen) atoms. The summed E-state index contributed by atoms with van der Waals surface area (Å²) >= 11 is 16.0. The maximum absolute atomic E-state index is 6.18. The first-order chi connectivity index (χ1) is 20.7. The SMILES string of the molecule is CCN1CN(CCC[Si](C)(C)C)c2cc(Cl)c(Cl)cc21.CC[n+]1c(C=CC=C2Nc3ccccc3S2)sc2ccccc21.[I-]. The Morgan fingerprint density at radius 1 is 0.955 bits per heavy atom. The molecule has 3 heterocycles. The fourth-order valence-electron chi connectivity index (χ4n) is 5.38. The first-order valence-corrected chi connectivity index (χ1v) is 21.1. The Morgan fingerprint density at radius 2 is 1.64 bits per heavy atom. The summed E-state index contributed by atoms with van der Waals surface area (Å²) in [6, 6.07) is 22.4. The number of aromatic nitrogens is 1. The molecule has 2 aliphatic rings. The first kappa shape index (κ1) is 35.2. The highest BCUT2D eigenvalue weighted by atomic mass is 127. The molecule has 0 radical (unpaired) electrons. The first-order valence-electron chi connectivity index (χ1n) is 15.0. The molecule has 0 aliphatic carbocycles. The topological polar surface area (TPSA) is 22.4 Å². The monoisotopic (exact) mass is 794 g/mol. The highest BCUT2D eigenvalue weighted by Crippen LogP contribution is 2.42. The summed E-state index contributed by atoms with van der Waals surface area (Å²) in [5, 5.41) is 7.20. The second kappa shape index (κ2) is 15.7. The molecule has 0 bridgehead atoms. The fraction of sp³-hybridized carbons (Fsp3) is 0.324. The van der Waals surface area contributed by atoms with E-state index in [2.05, 4.69) is 120 Å². The zero-order chi connectivity index (χ0) is 30.6. The number of thioether (sulfide) groups is 1. The molecule has 0 saturated heterocycles. The van der Waals surface area contributed by atoms with Crippen LogP contribution in [-0.4, -0.2) is 27.8 Å². The molecule has 10 heteroatoms. The van der Waals surface area contributed by atoms with E-state index in [9.17, 15) is 0 Å². The van der Waals surface area contributed by atoms with Gasteiger partial charge in [-0.2, -0.15) is 4.57 Å². The van der Waals surface area contributed by atoms with Crippen molar-refractivity contribution >= 4 is 87.7 Å².